The summed E-state index contributed by atoms with van der Waals surface area (Å²) in [7, 11) is 1.88. The van der Waals surface area contributed by atoms with Crippen LogP contribution >= 0.6 is 0 Å². The van der Waals surface area contributed by atoms with E-state index < -0.39 is 0 Å². The Hall–Kier alpha value is -1.31. The first-order valence-electron chi connectivity index (χ1n) is 5.49. The van der Waals surface area contributed by atoms with Gasteiger partial charge in [-0.25, -0.2) is 0 Å². The molecule has 0 saturated heterocycles. The summed E-state index contributed by atoms with van der Waals surface area (Å²) in [6, 6.07) is 0. The zero-order valence-corrected chi connectivity index (χ0v) is 9.36. The third kappa shape index (κ3) is 2.20. The fourth-order valence-corrected chi connectivity index (χ4v) is 1.99. The van der Waals surface area contributed by atoms with Gasteiger partial charge in [0.05, 0.1) is 0 Å². The maximum absolute atomic E-state index is 11.6. The first-order chi connectivity index (χ1) is 7.16. The van der Waals surface area contributed by atoms with Crippen LogP contribution in [0.1, 0.15) is 19.8 Å². The SMILES string of the molecule is CC1C=CC2=C(C=C1)CN(C)C(=O)CC2. The van der Waals surface area contributed by atoms with Crippen molar-refractivity contribution in [3.8, 4) is 0 Å². The number of amides is 1. The van der Waals surface area contributed by atoms with Crippen LogP contribution in [0.25, 0.3) is 0 Å². The Morgan fingerprint density at radius 2 is 1.87 bits per heavy atom. The summed E-state index contributed by atoms with van der Waals surface area (Å²) in [5.74, 6) is 0.746. The van der Waals surface area contributed by atoms with Crippen molar-refractivity contribution in [1.82, 2.24) is 4.90 Å². The average Bonchev–Trinajstić information content (AvgIpc) is 2.45. The van der Waals surface area contributed by atoms with Crippen molar-refractivity contribution in [2.24, 2.45) is 5.92 Å². The largest absolute Gasteiger partial charge is 0.341 e. The van der Waals surface area contributed by atoms with Gasteiger partial charge in [0.1, 0.15) is 0 Å². The van der Waals surface area contributed by atoms with Crippen LogP contribution in [0.15, 0.2) is 35.5 Å². The molecule has 0 fully saturated rings. The van der Waals surface area contributed by atoms with Crippen molar-refractivity contribution >= 4 is 5.91 Å². The van der Waals surface area contributed by atoms with Crippen molar-refractivity contribution in [2.75, 3.05) is 13.6 Å². The van der Waals surface area contributed by atoms with E-state index in [0.717, 1.165) is 13.0 Å². The molecule has 0 N–H and O–H groups in total. The number of allylic oxidation sites excluding steroid dienone is 4. The number of carbonyl (C=O) groups is 1. The Morgan fingerprint density at radius 1 is 1.20 bits per heavy atom. The molecule has 2 heteroatoms. The summed E-state index contributed by atoms with van der Waals surface area (Å²) in [4.78, 5) is 13.4. The van der Waals surface area contributed by atoms with Crippen molar-refractivity contribution in [3.05, 3.63) is 35.5 Å². The fraction of sp³-hybridized carbons (Fsp3) is 0.462. The molecule has 1 aliphatic carbocycles. The summed E-state index contributed by atoms with van der Waals surface area (Å²) in [5, 5.41) is 0. The average molecular weight is 203 g/mol. The van der Waals surface area contributed by atoms with E-state index in [0.29, 0.717) is 12.3 Å². The van der Waals surface area contributed by atoms with Crippen LogP contribution < -0.4 is 0 Å². The Labute approximate surface area is 91.0 Å². The van der Waals surface area contributed by atoms with Gasteiger partial charge in [0.2, 0.25) is 5.91 Å². The van der Waals surface area contributed by atoms with Gasteiger partial charge in [0.15, 0.2) is 0 Å². The van der Waals surface area contributed by atoms with E-state index >= 15 is 0 Å². The lowest BCUT2D eigenvalue weighted by Crippen LogP contribution is -2.26. The van der Waals surface area contributed by atoms with Crippen LogP contribution in [0, 0.1) is 5.92 Å². The van der Waals surface area contributed by atoms with E-state index in [-0.39, 0.29) is 5.91 Å². The Kier molecular flexibility index (Phi) is 2.76. The zero-order valence-electron chi connectivity index (χ0n) is 9.36. The van der Waals surface area contributed by atoms with Crippen LogP contribution in [0.3, 0.4) is 0 Å². The molecule has 0 aromatic rings. The van der Waals surface area contributed by atoms with Crippen LogP contribution in [0.2, 0.25) is 0 Å². The van der Waals surface area contributed by atoms with Crippen molar-refractivity contribution in [2.45, 2.75) is 19.8 Å². The lowest BCUT2D eigenvalue weighted by molar-refractivity contribution is -0.129. The minimum Gasteiger partial charge on any atom is -0.341 e. The van der Waals surface area contributed by atoms with Gasteiger partial charge in [-0.15, -0.1) is 0 Å². The second-order valence-electron chi connectivity index (χ2n) is 4.38. The van der Waals surface area contributed by atoms with Gasteiger partial charge in [0, 0.05) is 20.0 Å². The van der Waals surface area contributed by atoms with Gasteiger partial charge in [-0.3, -0.25) is 4.79 Å². The molecule has 0 aromatic heterocycles. The number of hydrogen-bond donors (Lipinski definition) is 0. The molecule has 2 rings (SSSR count). The van der Waals surface area contributed by atoms with Crippen molar-refractivity contribution in [1.29, 1.82) is 0 Å². The van der Waals surface area contributed by atoms with Gasteiger partial charge < -0.3 is 4.90 Å². The summed E-state index contributed by atoms with van der Waals surface area (Å²) in [5.41, 5.74) is 2.62. The molecule has 1 unspecified atom stereocenters. The number of likely N-dealkylation sites (N-methyl/N-ethyl adjacent to an activating group) is 1. The molecule has 1 amide bonds. The highest BCUT2D eigenvalue weighted by atomic mass is 16.2. The molecule has 1 aliphatic heterocycles. The molecule has 0 aromatic carbocycles. The third-order valence-electron chi connectivity index (χ3n) is 3.06. The van der Waals surface area contributed by atoms with E-state index in [1.54, 1.807) is 0 Å². The van der Waals surface area contributed by atoms with Crippen LogP contribution in [0.4, 0.5) is 0 Å². The van der Waals surface area contributed by atoms with E-state index in [9.17, 15) is 4.79 Å². The molecule has 15 heavy (non-hydrogen) atoms. The lowest BCUT2D eigenvalue weighted by Gasteiger charge is -2.14. The Bertz CT molecular complexity index is 363. The second-order valence-corrected chi connectivity index (χ2v) is 4.38. The molecule has 0 bridgehead atoms. The number of rotatable bonds is 0. The molecular formula is C13H17NO. The van der Waals surface area contributed by atoms with Gasteiger partial charge in [-0.1, -0.05) is 31.2 Å². The van der Waals surface area contributed by atoms with E-state index in [4.69, 9.17) is 0 Å². The minimum atomic E-state index is 0.248. The Morgan fingerprint density at radius 3 is 2.60 bits per heavy atom. The first-order valence-corrected chi connectivity index (χ1v) is 5.49. The summed E-state index contributed by atoms with van der Waals surface area (Å²) in [6.45, 7) is 2.93. The molecule has 1 atom stereocenters. The standard InChI is InChI=1S/C13H17NO/c1-10-3-5-11-7-8-13(15)14(2)9-12(11)6-4-10/h3-6,10H,7-9H2,1-2H3. The van der Waals surface area contributed by atoms with Gasteiger partial charge in [0.25, 0.3) is 0 Å². The maximum atomic E-state index is 11.6. The molecule has 1 heterocycles. The van der Waals surface area contributed by atoms with Crippen molar-refractivity contribution < 1.29 is 4.79 Å². The second kappa shape index (κ2) is 4.05. The molecule has 80 valence electrons. The van der Waals surface area contributed by atoms with E-state index in [2.05, 4.69) is 31.2 Å². The molecule has 0 radical (unpaired) electrons. The van der Waals surface area contributed by atoms with Crippen molar-refractivity contribution in [3.63, 3.8) is 0 Å². The third-order valence-corrected chi connectivity index (χ3v) is 3.06. The normalized spacial score (nSPS) is 26.4. The maximum Gasteiger partial charge on any atom is 0.222 e. The van der Waals surface area contributed by atoms with E-state index in [1.807, 2.05) is 11.9 Å². The van der Waals surface area contributed by atoms with Crippen LogP contribution in [0.5, 0.6) is 0 Å². The molecule has 0 saturated carbocycles. The van der Waals surface area contributed by atoms with Gasteiger partial charge in [-0.05, 0) is 23.5 Å². The van der Waals surface area contributed by atoms with E-state index in [1.165, 1.54) is 11.1 Å². The predicted molar refractivity (Wildman–Crippen MR) is 61.3 cm³/mol. The highest BCUT2D eigenvalue weighted by molar-refractivity contribution is 5.77. The quantitative estimate of drug-likeness (QED) is 0.591. The monoisotopic (exact) mass is 203 g/mol. The smallest absolute Gasteiger partial charge is 0.222 e. The zero-order chi connectivity index (χ0) is 10.8. The summed E-state index contributed by atoms with van der Waals surface area (Å²) < 4.78 is 0. The van der Waals surface area contributed by atoms with Crippen LogP contribution in [-0.2, 0) is 4.79 Å². The molecule has 0 spiro atoms. The highest BCUT2D eigenvalue weighted by Gasteiger charge is 2.17. The van der Waals surface area contributed by atoms with Gasteiger partial charge in [-0.2, -0.15) is 0 Å². The minimum absolute atomic E-state index is 0.248. The summed E-state index contributed by atoms with van der Waals surface area (Å²) >= 11 is 0. The molecule has 2 nitrogen and oxygen atoms in total. The first kappa shape index (κ1) is 10.2. The number of nitrogens with zero attached hydrogens (tertiary/aromatic N) is 1. The molecular weight excluding hydrogens is 186 g/mol. The lowest BCUT2D eigenvalue weighted by atomic mass is 10.0. The topological polar surface area (TPSA) is 20.3 Å². The highest BCUT2D eigenvalue weighted by Crippen LogP contribution is 2.23. The van der Waals surface area contributed by atoms with Gasteiger partial charge >= 0.3 is 0 Å². The molecule has 2 aliphatic rings. The Balaban J connectivity index is 2.29. The number of hydrogen-bond acceptors (Lipinski definition) is 1. The number of carbonyl (C=O) groups excluding carboxylic acids is 1. The fourth-order valence-electron chi connectivity index (χ4n) is 1.99. The van der Waals surface area contributed by atoms with Crippen LogP contribution in [-0.4, -0.2) is 24.4 Å². The predicted octanol–water partition coefficient (Wildman–Crippen LogP) is 2.30. The summed E-state index contributed by atoms with van der Waals surface area (Å²) in [6.07, 6.45) is 10.3.